The van der Waals surface area contributed by atoms with Crippen LogP contribution in [0.1, 0.15) is 24.0 Å². The zero-order chi connectivity index (χ0) is 14.7. The molecular weight excluding hydrogens is 263 g/mol. The average molecular weight is 284 g/mol. The first-order valence-electron chi connectivity index (χ1n) is 7.63. The maximum absolute atomic E-state index is 14.5. The van der Waals surface area contributed by atoms with Crippen LogP contribution in [0.4, 0.5) is 15.8 Å². The molecule has 0 radical (unpaired) electrons. The van der Waals surface area contributed by atoms with Crippen LogP contribution in [0, 0.1) is 5.82 Å². The third-order valence-electron chi connectivity index (χ3n) is 4.10. The van der Waals surface area contributed by atoms with E-state index in [2.05, 4.69) is 23.1 Å². The normalized spacial score (nSPS) is 14.7. The summed E-state index contributed by atoms with van der Waals surface area (Å²) in [6.07, 6.45) is 4.02. The van der Waals surface area contributed by atoms with Gasteiger partial charge < -0.3 is 10.6 Å². The Morgan fingerprint density at radius 2 is 1.90 bits per heavy atom. The first kappa shape index (κ1) is 14.1. The molecule has 2 aromatic rings. The molecular formula is C18H21FN2. The van der Waals surface area contributed by atoms with E-state index in [1.807, 2.05) is 18.2 Å². The van der Waals surface area contributed by atoms with Gasteiger partial charge in [-0.3, -0.25) is 0 Å². The molecule has 110 valence electrons. The van der Waals surface area contributed by atoms with Gasteiger partial charge in [-0.15, -0.1) is 0 Å². The van der Waals surface area contributed by atoms with Gasteiger partial charge in [-0.05, 0) is 61.6 Å². The lowest BCUT2D eigenvalue weighted by molar-refractivity contribution is 0.621. The molecule has 21 heavy (non-hydrogen) atoms. The van der Waals surface area contributed by atoms with Crippen LogP contribution in [0.15, 0.2) is 42.5 Å². The summed E-state index contributed by atoms with van der Waals surface area (Å²) in [5.41, 5.74) is 9.62. The van der Waals surface area contributed by atoms with Gasteiger partial charge in [0.2, 0.25) is 0 Å². The highest BCUT2D eigenvalue weighted by molar-refractivity contribution is 5.67. The van der Waals surface area contributed by atoms with Gasteiger partial charge in [-0.2, -0.15) is 0 Å². The van der Waals surface area contributed by atoms with Gasteiger partial charge in [0, 0.05) is 12.2 Å². The molecule has 0 aromatic heterocycles. The zero-order valence-corrected chi connectivity index (χ0v) is 12.2. The number of hydrogen-bond acceptors (Lipinski definition) is 2. The summed E-state index contributed by atoms with van der Waals surface area (Å²) in [5, 5.41) is 0. The van der Waals surface area contributed by atoms with Crippen molar-refractivity contribution in [1.82, 2.24) is 0 Å². The Labute approximate surface area is 125 Å². The fourth-order valence-electron chi connectivity index (χ4n) is 3.03. The van der Waals surface area contributed by atoms with Crippen LogP contribution in [-0.2, 0) is 12.8 Å². The molecule has 0 spiro atoms. The Bertz CT molecular complexity index is 624. The van der Waals surface area contributed by atoms with Crippen LogP contribution in [0.2, 0.25) is 0 Å². The van der Waals surface area contributed by atoms with Crippen LogP contribution in [-0.4, -0.2) is 13.1 Å². The molecule has 0 atom stereocenters. The molecule has 1 aliphatic heterocycles. The summed E-state index contributed by atoms with van der Waals surface area (Å²) >= 11 is 0. The first-order valence-corrected chi connectivity index (χ1v) is 7.63. The first-order chi connectivity index (χ1) is 10.3. The van der Waals surface area contributed by atoms with Crippen LogP contribution in [0.25, 0.3) is 0 Å². The van der Waals surface area contributed by atoms with E-state index in [-0.39, 0.29) is 5.82 Å². The smallest absolute Gasteiger partial charge is 0.147 e. The molecule has 0 bridgehead atoms. The fraction of sp³-hybridized carbons (Fsp3) is 0.333. The number of halogens is 1. The molecule has 0 amide bonds. The number of nitrogens with two attached hydrogens (primary N) is 1. The molecule has 2 N–H and O–H groups in total. The number of rotatable bonds is 3. The summed E-state index contributed by atoms with van der Waals surface area (Å²) < 4.78 is 14.5. The molecule has 2 nitrogen and oxygen atoms in total. The van der Waals surface area contributed by atoms with Crippen molar-refractivity contribution in [2.75, 3.05) is 18.0 Å². The highest BCUT2D eigenvalue weighted by Crippen LogP contribution is 2.34. The van der Waals surface area contributed by atoms with Crippen LogP contribution in [0.3, 0.4) is 0 Å². The maximum Gasteiger partial charge on any atom is 0.147 e. The number of hydrogen-bond donors (Lipinski definition) is 1. The Hall–Kier alpha value is -1.87. The maximum atomic E-state index is 14.5. The van der Waals surface area contributed by atoms with Gasteiger partial charge >= 0.3 is 0 Å². The van der Waals surface area contributed by atoms with Crippen molar-refractivity contribution in [1.29, 1.82) is 0 Å². The summed E-state index contributed by atoms with van der Waals surface area (Å²) in [4.78, 5) is 2.11. The van der Waals surface area contributed by atoms with E-state index in [0.29, 0.717) is 18.7 Å². The van der Waals surface area contributed by atoms with E-state index in [9.17, 15) is 4.39 Å². The van der Waals surface area contributed by atoms with E-state index in [0.717, 1.165) is 37.1 Å². The summed E-state index contributed by atoms with van der Waals surface area (Å²) in [7, 11) is 0. The predicted octanol–water partition coefficient (Wildman–Crippen LogP) is 3.80. The topological polar surface area (TPSA) is 29.3 Å². The number of para-hydroxylation sites is 1. The quantitative estimate of drug-likeness (QED) is 0.929. The Morgan fingerprint density at radius 3 is 2.71 bits per heavy atom. The van der Waals surface area contributed by atoms with Gasteiger partial charge in [0.05, 0.1) is 5.69 Å². The second-order valence-corrected chi connectivity index (χ2v) is 5.56. The minimum absolute atomic E-state index is 0.155. The number of fused-ring (bicyclic) bond motifs is 1. The number of nitrogens with zero attached hydrogens (tertiary/aromatic N) is 1. The lowest BCUT2D eigenvalue weighted by Crippen LogP contribution is -2.19. The van der Waals surface area contributed by atoms with E-state index in [4.69, 9.17) is 5.73 Å². The van der Waals surface area contributed by atoms with Crippen LogP contribution < -0.4 is 10.6 Å². The van der Waals surface area contributed by atoms with Crippen LogP contribution in [0.5, 0.6) is 0 Å². The zero-order valence-electron chi connectivity index (χ0n) is 12.2. The number of aryl methyl sites for hydroxylation is 1. The number of anilines is 2. The molecule has 0 saturated carbocycles. The van der Waals surface area contributed by atoms with Gasteiger partial charge in [0.1, 0.15) is 5.82 Å². The molecule has 3 heteroatoms. The summed E-state index contributed by atoms with van der Waals surface area (Å²) in [6, 6.07) is 13.8. The van der Waals surface area contributed by atoms with E-state index < -0.39 is 0 Å². The summed E-state index contributed by atoms with van der Waals surface area (Å²) in [6.45, 7) is 1.41. The highest BCUT2D eigenvalue weighted by Gasteiger charge is 2.19. The van der Waals surface area contributed by atoms with Crippen molar-refractivity contribution < 1.29 is 4.39 Å². The molecule has 0 aliphatic carbocycles. The van der Waals surface area contributed by atoms with Crippen molar-refractivity contribution in [3.63, 3.8) is 0 Å². The van der Waals surface area contributed by atoms with Crippen molar-refractivity contribution in [3.8, 4) is 0 Å². The second-order valence-electron chi connectivity index (χ2n) is 5.56. The lowest BCUT2D eigenvalue weighted by Gasteiger charge is -2.25. The third kappa shape index (κ3) is 2.93. The Balaban J connectivity index is 2.00. The van der Waals surface area contributed by atoms with Crippen molar-refractivity contribution in [2.45, 2.75) is 25.7 Å². The SMILES string of the molecule is NCCc1ccc(N2CCCCc3ccccc32)c(F)c1. The van der Waals surface area contributed by atoms with Crippen molar-refractivity contribution >= 4 is 11.4 Å². The standard InChI is InChI=1S/C18H21FN2/c19-16-13-14(10-11-20)8-9-18(16)21-12-4-3-6-15-5-1-2-7-17(15)21/h1-2,5,7-9,13H,3-4,6,10-12,20H2. The molecule has 3 rings (SSSR count). The molecule has 0 fully saturated rings. The van der Waals surface area contributed by atoms with Gasteiger partial charge in [0.25, 0.3) is 0 Å². The van der Waals surface area contributed by atoms with Gasteiger partial charge in [-0.25, -0.2) is 4.39 Å². The van der Waals surface area contributed by atoms with E-state index in [1.54, 1.807) is 6.07 Å². The Kier molecular flexibility index (Phi) is 4.20. The van der Waals surface area contributed by atoms with Crippen molar-refractivity contribution in [2.24, 2.45) is 5.73 Å². The van der Waals surface area contributed by atoms with Gasteiger partial charge in [-0.1, -0.05) is 24.3 Å². The predicted molar refractivity (Wildman–Crippen MR) is 85.5 cm³/mol. The Morgan fingerprint density at radius 1 is 1.05 bits per heavy atom. The van der Waals surface area contributed by atoms with Crippen LogP contribution >= 0.6 is 0 Å². The molecule has 1 heterocycles. The lowest BCUT2D eigenvalue weighted by atomic mass is 10.1. The molecule has 0 saturated heterocycles. The third-order valence-corrected chi connectivity index (χ3v) is 4.10. The fourth-order valence-corrected chi connectivity index (χ4v) is 3.03. The minimum atomic E-state index is -0.155. The molecule has 1 aliphatic rings. The number of benzene rings is 2. The van der Waals surface area contributed by atoms with E-state index >= 15 is 0 Å². The summed E-state index contributed by atoms with van der Waals surface area (Å²) in [5.74, 6) is -0.155. The molecule has 0 unspecified atom stereocenters. The van der Waals surface area contributed by atoms with Crippen molar-refractivity contribution in [3.05, 3.63) is 59.4 Å². The highest BCUT2D eigenvalue weighted by atomic mass is 19.1. The largest absolute Gasteiger partial charge is 0.339 e. The second kappa shape index (κ2) is 6.27. The van der Waals surface area contributed by atoms with Gasteiger partial charge in [0.15, 0.2) is 0 Å². The van der Waals surface area contributed by atoms with E-state index in [1.165, 1.54) is 5.56 Å². The average Bonchev–Trinajstić information content (AvgIpc) is 2.70. The minimum Gasteiger partial charge on any atom is -0.339 e. The monoisotopic (exact) mass is 284 g/mol. The molecule has 2 aromatic carbocycles.